The number of hydrogen-bond donors (Lipinski definition) is 2. The lowest BCUT2D eigenvalue weighted by Gasteiger charge is -2.09. The standard InChI is InChI=1S/C11H11ClN2O4S3/c1-7-6-10(19-11(7)12)21(17,18)14-8-4-2-3-5-9(8)20(13,15)16/h2-6,14H,1H3,(H2,13,15,16). The molecule has 0 atom stereocenters. The van der Waals surface area contributed by atoms with Crippen molar-refractivity contribution in [2.45, 2.75) is 16.0 Å². The molecule has 114 valence electrons. The number of nitrogens with one attached hydrogen (secondary N) is 1. The van der Waals surface area contributed by atoms with E-state index in [4.69, 9.17) is 16.7 Å². The molecular weight excluding hydrogens is 356 g/mol. The Morgan fingerprint density at radius 2 is 1.81 bits per heavy atom. The number of sulfonamides is 2. The molecule has 0 saturated heterocycles. The summed E-state index contributed by atoms with van der Waals surface area (Å²) in [4.78, 5) is -0.298. The number of para-hydroxylation sites is 1. The van der Waals surface area contributed by atoms with Crippen LogP contribution in [0.3, 0.4) is 0 Å². The molecule has 0 bridgehead atoms. The monoisotopic (exact) mass is 366 g/mol. The van der Waals surface area contributed by atoms with Crippen LogP contribution in [0.2, 0.25) is 4.34 Å². The quantitative estimate of drug-likeness (QED) is 0.864. The fourth-order valence-corrected chi connectivity index (χ4v) is 5.10. The second-order valence-corrected chi connectivity index (χ2v) is 9.26. The van der Waals surface area contributed by atoms with Crippen molar-refractivity contribution in [1.82, 2.24) is 0 Å². The molecule has 1 heterocycles. The second-order valence-electron chi connectivity index (χ2n) is 4.17. The third kappa shape index (κ3) is 3.55. The zero-order valence-corrected chi connectivity index (χ0v) is 13.9. The van der Waals surface area contributed by atoms with Crippen LogP contribution in [0.15, 0.2) is 39.4 Å². The molecule has 1 aromatic heterocycles. The zero-order chi connectivity index (χ0) is 15.8. The van der Waals surface area contributed by atoms with Gasteiger partial charge in [-0.15, -0.1) is 11.3 Å². The van der Waals surface area contributed by atoms with Crippen LogP contribution in [-0.2, 0) is 20.0 Å². The van der Waals surface area contributed by atoms with Gasteiger partial charge in [0.05, 0.1) is 10.0 Å². The highest BCUT2D eigenvalue weighted by molar-refractivity contribution is 7.95. The molecule has 0 saturated carbocycles. The Morgan fingerprint density at radius 3 is 2.33 bits per heavy atom. The van der Waals surface area contributed by atoms with Crippen molar-refractivity contribution in [3.63, 3.8) is 0 Å². The number of halogens is 1. The summed E-state index contributed by atoms with van der Waals surface area (Å²) >= 11 is 6.74. The number of primary sulfonamides is 1. The highest BCUT2D eigenvalue weighted by atomic mass is 35.5. The first kappa shape index (κ1) is 16.2. The molecule has 1 aromatic carbocycles. The first-order valence-corrected chi connectivity index (χ1v) is 9.74. The van der Waals surface area contributed by atoms with E-state index in [0.717, 1.165) is 11.3 Å². The van der Waals surface area contributed by atoms with Gasteiger partial charge < -0.3 is 0 Å². The highest BCUT2D eigenvalue weighted by Crippen LogP contribution is 2.32. The van der Waals surface area contributed by atoms with E-state index in [9.17, 15) is 16.8 Å². The van der Waals surface area contributed by atoms with E-state index >= 15 is 0 Å². The van der Waals surface area contributed by atoms with Crippen LogP contribution >= 0.6 is 22.9 Å². The van der Waals surface area contributed by atoms with Gasteiger partial charge in [-0.05, 0) is 30.7 Å². The van der Waals surface area contributed by atoms with E-state index in [1.54, 1.807) is 6.92 Å². The third-order valence-electron chi connectivity index (χ3n) is 2.54. The number of benzene rings is 1. The van der Waals surface area contributed by atoms with Gasteiger partial charge in [0.1, 0.15) is 9.10 Å². The average Bonchev–Trinajstić information content (AvgIpc) is 2.69. The molecule has 0 aliphatic rings. The first-order valence-electron chi connectivity index (χ1n) is 5.52. The lowest BCUT2D eigenvalue weighted by Crippen LogP contribution is -2.18. The molecule has 0 unspecified atom stereocenters. The lowest BCUT2D eigenvalue weighted by atomic mass is 10.3. The highest BCUT2D eigenvalue weighted by Gasteiger charge is 2.22. The number of hydrogen-bond acceptors (Lipinski definition) is 5. The number of rotatable bonds is 4. The Balaban J connectivity index is 2.47. The minimum Gasteiger partial charge on any atom is -0.278 e. The zero-order valence-electron chi connectivity index (χ0n) is 10.7. The summed E-state index contributed by atoms with van der Waals surface area (Å²) in [5.74, 6) is 0. The van der Waals surface area contributed by atoms with Crippen molar-refractivity contribution in [2.24, 2.45) is 5.14 Å². The molecule has 2 rings (SSSR count). The van der Waals surface area contributed by atoms with Crippen LogP contribution in [-0.4, -0.2) is 16.8 Å². The summed E-state index contributed by atoms with van der Waals surface area (Å²) in [5, 5.41) is 5.06. The van der Waals surface area contributed by atoms with Gasteiger partial charge in [-0.2, -0.15) is 0 Å². The Kier molecular flexibility index (Phi) is 4.31. The van der Waals surface area contributed by atoms with Crippen LogP contribution in [0.5, 0.6) is 0 Å². The number of aryl methyl sites for hydroxylation is 1. The van der Waals surface area contributed by atoms with Gasteiger partial charge in [-0.25, -0.2) is 22.0 Å². The van der Waals surface area contributed by atoms with Gasteiger partial charge in [0, 0.05) is 0 Å². The maximum Gasteiger partial charge on any atom is 0.271 e. The molecule has 3 N–H and O–H groups in total. The van der Waals surface area contributed by atoms with Crippen LogP contribution in [0.4, 0.5) is 5.69 Å². The molecule has 10 heteroatoms. The molecule has 0 aliphatic carbocycles. The van der Waals surface area contributed by atoms with Crippen molar-refractivity contribution >= 4 is 48.7 Å². The van der Waals surface area contributed by atoms with Crippen LogP contribution in [0, 0.1) is 6.92 Å². The number of thiophene rings is 1. The van der Waals surface area contributed by atoms with E-state index in [-0.39, 0.29) is 14.8 Å². The average molecular weight is 367 g/mol. The van der Waals surface area contributed by atoms with Gasteiger partial charge in [0.15, 0.2) is 0 Å². The van der Waals surface area contributed by atoms with Crippen molar-refractivity contribution in [3.05, 3.63) is 40.2 Å². The summed E-state index contributed by atoms with van der Waals surface area (Å²) in [6.07, 6.45) is 0. The van der Waals surface area contributed by atoms with E-state index in [1.165, 1.54) is 30.3 Å². The largest absolute Gasteiger partial charge is 0.278 e. The summed E-state index contributed by atoms with van der Waals surface area (Å²) in [6.45, 7) is 1.68. The SMILES string of the molecule is Cc1cc(S(=O)(=O)Nc2ccccc2S(N)(=O)=O)sc1Cl. The van der Waals surface area contributed by atoms with Crippen LogP contribution in [0.25, 0.3) is 0 Å². The predicted octanol–water partition coefficient (Wildman–Crippen LogP) is 2.16. The van der Waals surface area contributed by atoms with Gasteiger partial charge in [0.25, 0.3) is 10.0 Å². The van der Waals surface area contributed by atoms with E-state index in [2.05, 4.69) is 4.72 Å². The Bertz CT molecular complexity index is 868. The Hall–Kier alpha value is -1.13. The fourth-order valence-electron chi connectivity index (χ4n) is 1.56. The maximum atomic E-state index is 12.3. The molecule has 21 heavy (non-hydrogen) atoms. The molecule has 0 radical (unpaired) electrons. The lowest BCUT2D eigenvalue weighted by molar-refractivity contribution is 0.598. The minimum absolute atomic E-state index is 0.00535. The van der Waals surface area contributed by atoms with Gasteiger partial charge in [-0.3, -0.25) is 4.72 Å². The van der Waals surface area contributed by atoms with Crippen molar-refractivity contribution in [1.29, 1.82) is 0 Å². The molecule has 0 spiro atoms. The first-order chi connectivity index (χ1) is 9.61. The normalized spacial score (nSPS) is 12.3. The maximum absolute atomic E-state index is 12.3. The topological polar surface area (TPSA) is 106 Å². The summed E-state index contributed by atoms with van der Waals surface area (Å²) < 4.78 is 50.0. The fraction of sp³-hybridized carbons (Fsp3) is 0.0909. The Morgan fingerprint density at radius 1 is 1.19 bits per heavy atom. The van der Waals surface area contributed by atoms with Crippen LogP contribution < -0.4 is 9.86 Å². The van der Waals surface area contributed by atoms with Crippen molar-refractivity contribution in [3.8, 4) is 0 Å². The van der Waals surface area contributed by atoms with Crippen LogP contribution in [0.1, 0.15) is 5.56 Å². The molecule has 0 aliphatic heterocycles. The minimum atomic E-state index is -4.04. The summed E-state index contributed by atoms with van der Waals surface area (Å²) in [6, 6.07) is 6.90. The van der Waals surface area contributed by atoms with E-state index in [1.807, 2.05) is 0 Å². The van der Waals surface area contributed by atoms with E-state index < -0.39 is 20.0 Å². The molecular formula is C11H11ClN2O4S3. The smallest absolute Gasteiger partial charge is 0.271 e. The molecule has 6 nitrogen and oxygen atoms in total. The number of anilines is 1. The second kappa shape index (κ2) is 5.58. The molecule has 0 amide bonds. The van der Waals surface area contributed by atoms with Gasteiger partial charge in [0.2, 0.25) is 10.0 Å². The summed E-state index contributed by atoms with van der Waals surface area (Å²) in [7, 11) is -7.97. The van der Waals surface area contributed by atoms with E-state index in [0.29, 0.717) is 9.90 Å². The number of nitrogens with two attached hydrogens (primary N) is 1. The van der Waals surface area contributed by atoms with Crippen molar-refractivity contribution < 1.29 is 16.8 Å². The predicted molar refractivity (Wildman–Crippen MR) is 82.7 cm³/mol. The summed E-state index contributed by atoms with van der Waals surface area (Å²) in [5.41, 5.74) is 0.518. The van der Waals surface area contributed by atoms with Gasteiger partial charge >= 0.3 is 0 Å². The third-order valence-corrected chi connectivity index (χ3v) is 6.90. The van der Waals surface area contributed by atoms with Gasteiger partial charge in [-0.1, -0.05) is 23.7 Å². The molecule has 2 aromatic rings. The molecule has 0 fully saturated rings. The van der Waals surface area contributed by atoms with Crippen molar-refractivity contribution in [2.75, 3.05) is 4.72 Å². The Labute approximate surface area is 131 Å².